The second-order valence-corrected chi connectivity index (χ2v) is 8.25. The monoisotopic (exact) mass is 387 g/mol. The summed E-state index contributed by atoms with van der Waals surface area (Å²) >= 11 is 0. The summed E-state index contributed by atoms with van der Waals surface area (Å²) in [5.74, 6) is -0.413. The maximum Gasteiger partial charge on any atom is 0.241 e. The van der Waals surface area contributed by atoms with Gasteiger partial charge in [0.15, 0.2) is 0 Å². The minimum atomic E-state index is -3.85. The third-order valence-corrected chi connectivity index (χ3v) is 5.94. The van der Waals surface area contributed by atoms with Gasteiger partial charge in [0.25, 0.3) is 0 Å². The van der Waals surface area contributed by atoms with Crippen molar-refractivity contribution in [1.29, 1.82) is 0 Å². The molecule has 2 aromatic rings. The van der Waals surface area contributed by atoms with E-state index in [2.05, 4.69) is 4.72 Å². The maximum atomic E-state index is 12.5. The van der Waals surface area contributed by atoms with Gasteiger partial charge in [-0.05, 0) is 29.3 Å². The van der Waals surface area contributed by atoms with Gasteiger partial charge in [-0.2, -0.15) is 0 Å². The van der Waals surface area contributed by atoms with Crippen LogP contribution >= 0.6 is 0 Å². The van der Waals surface area contributed by atoms with E-state index in [0.29, 0.717) is 17.8 Å². The zero-order valence-electron chi connectivity index (χ0n) is 15.2. The van der Waals surface area contributed by atoms with Gasteiger partial charge in [0.2, 0.25) is 21.8 Å². The summed E-state index contributed by atoms with van der Waals surface area (Å²) < 4.78 is 27.3. The second kappa shape index (κ2) is 7.50. The number of nitrogens with one attached hydrogen (secondary N) is 1. The number of nitrogens with zero attached hydrogens (tertiary/aromatic N) is 2. The predicted molar refractivity (Wildman–Crippen MR) is 102 cm³/mol. The highest BCUT2D eigenvalue weighted by atomic mass is 32.2. The maximum absolute atomic E-state index is 12.5. The van der Waals surface area contributed by atoms with Crippen molar-refractivity contribution in [3.63, 3.8) is 0 Å². The van der Waals surface area contributed by atoms with Gasteiger partial charge in [-0.25, -0.2) is 13.1 Å². The summed E-state index contributed by atoms with van der Waals surface area (Å²) in [6.07, 6.45) is 0.175. The molecule has 0 unspecified atom stereocenters. The summed E-state index contributed by atoms with van der Waals surface area (Å²) in [5.41, 5.74) is 2.33. The molecule has 1 aliphatic heterocycles. The fourth-order valence-corrected chi connectivity index (χ4v) is 3.96. The Morgan fingerprint density at radius 3 is 2.59 bits per heavy atom. The molecular formula is C19H21N3O4S. The van der Waals surface area contributed by atoms with Gasteiger partial charge in [-0.15, -0.1) is 0 Å². The molecule has 0 saturated carbocycles. The summed E-state index contributed by atoms with van der Waals surface area (Å²) in [4.78, 5) is 27.0. The Labute approximate surface area is 158 Å². The highest BCUT2D eigenvalue weighted by Crippen LogP contribution is 2.29. The molecule has 0 atom stereocenters. The highest BCUT2D eigenvalue weighted by molar-refractivity contribution is 7.89. The predicted octanol–water partition coefficient (Wildman–Crippen LogP) is 1.14. The van der Waals surface area contributed by atoms with Crippen LogP contribution < -0.4 is 9.62 Å². The first-order valence-corrected chi connectivity index (χ1v) is 9.93. The van der Waals surface area contributed by atoms with E-state index in [4.69, 9.17) is 0 Å². The topological polar surface area (TPSA) is 86.8 Å². The van der Waals surface area contributed by atoms with Crippen LogP contribution in [0.4, 0.5) is 5.69 Å². The van der Waals surface area contributed by atoms with Crippen LogP contribution in [0.25, 0.3) is 0 Å². The highest BCUT2D eigenvalue weighted by Gasteiger charge is 2.26. The van der Waals surface area contributed by atoms with Crippen molar-refractivity contribution >= 4 is 27.5 Å². The number of likely N-dealkylation sites (N-methyl/N-ethyl adjacent to an activating group) is 2. The molecule has 0 aromatic heterocycles. The summed E-state index contributed by atoms with van der Waals surface area (Å²) in [5, 5.41) is 0. The van der Waals surface area contributed by atoms with E-state index in [1.54, 1.807) is 20.2 Å². The van der Waals surface area contributed by atoms with Crippen molar-refractivity contribution < 1.29 is 18.0 Å². The number of fused-ring (bicyclic) bond motifs is 1. The fourth-order valence-electron chi connectivity index (χ4n) is 2.93. The van der Waals surface area contributed by atoms with Gasteiger partial charge in [-0.1, -0.05) is 30.3 Å². The Hall–Kier alpha value is -2.71. The van der Waals surface area contributed by atoms with Crippen molar-refractivity contribution in [2.45, 2.75) is 17.9 Å². The van der Waals surface area contributed by atoms with E-state index >= 15 is 0 Å². The minimum Gasteiger partial charge on any atom is -0.340 e. The molecule has 2 aromatic carbocycles. The second-order valence-electron chi connectivity index (χ2n) is 6.48. The van der Waals surface area contributed by atoms with Gasteiger partial charge in [0, 0.05) is 26.3 Å². The normalized spacial score (nSPS) is 13.6. The zero-order valence-corrected chi connectivity index (χ0v) is 16.0. The molecule has 2 amide bonds. The van der Waals surface area contributed by atoms with Crippen LogP contribution in [0.5, 0.6) is 0 Å². The van der Waals surface area contributed by atoms with E-state index in [1.807, 2.05) is 30.3 Å². The number of amides is 2. The third-order valence-electron chi connectivity index (χ3n) is 4.54. The summed E-state index contributed by atoms with van der Waals surface area (Å²) in [6, 6.07) is 14.0. The average molecular weight is 387 g/mol. The van der Waals surface area contributed by atoms with E-state index in [-0.39, 0.29) is 29.7 Å². The number of rotatable bonds is 6. The van der Waals surface area contributed by atoms with Crippen LogP contribution in [0.15, 0.2) is 53.4 Å². The van der Waals surface area contributed by atoms with Crippen LogP contribution in [-0.2, 0) is 32.6 Å². The molecule has 3 rings (SSSR count). The lowest BCUT2D eigenvalue weighted by Gasteiger charge is -2.18. The van der Waals surface area contributed by atoms with E-state index < -0.39 is 10.0 Å². The average Bonchev–Trinajstić information content (AvgIpc) is 2.94. The number of hydrogen-bond acceptors (Lipinski definition) is 4. The largest absolute Gasteiger partial charge is 0.340 e. The molecule has 0 saturated heterocycles. The zero-order chi connectivity index (χ0) is 19.6. The number of carbonyl (C=O) groups is 2. The number of benzene rings is 2. The Morgan fingerprint density at radius 2 is 1.89 bits per heavy atom. The van der Waals surface area contributed by atoms with Gasteiger partial charge in [0.05, 0.1) is 17.9 Å². The lowest BCUT2D eigenvalue weighted by atomic mass is 10.2. The standard InChI is InChI=1S/C19H21N3O4S/c1-21(13-14-6-4-3-5-7-14)19(24)12-20-27(25,26)16-8-9-17-15(10-16)11-18(23)22(17)2/h3-10,20H,11-13H2,1-2H3. The molecule has 0 bridgehead atoms. The van der Waals surface area contributed by atoms with Crippen molar-refractivity contribution in [3.8, 4) is 0 Å². The molecule has 0 aliphatic carbocycles. The molecular weight excluding hydrogens is 366 g/mol. The molecule has 1 heterocycles. The van der Waals surface area contributed by atoms with E-state index in [1.165, 1.54) is 21.9 Å². The smallest absolute Gasteiger partial charge is 0.241 e. The van der Waals surface area contributed by atoms with Gasteiger partial charge < -0.3 is 9.80 Å². The van der Waals surface area contributed by atoms with Crippen LogP contribution in [0.2, 0.25) is 0 Å². The summed E-state index contributed by atoms with van der Waals surface area (Å²) in [7, 11) is -0.566. The molecule has 27 heavy (non-hydrogen) atoms. The van der Waals surface area contributed by atoms with Gasteiger partial charge >= 0.3 is 0 Å². The van der Waals surface area contributed by atoms with E-state index in [9.17, 15) is 18.0 Å². The van der Waals surface area contributed by atoms with Crippen molar-refractivity contribution in [3.05, 3.63) is 59.7 Å². The van der Waals surface area contributed by atoms with Gasteiger partial charge in [-0.3, -0.25) is 9.59 Å². The molecule has 0 spiro atoms. The van der Waals surface area contributed by atoms with E-state index in [0.717, 1.165) is 5.56 Å². The SMILES string of the molecule is CN(Cc1ccccc1)C(=O)CNS(=O)(=O)c1ccc2c(c1)CC(=O)N2C. The third kappa shape index (κ3) is 4.17. The molecule has 1 N–H and O–H groups in total. The number of anilines is 1. The van der Waals surface area contributed by atoms with Crippen LogP contribution in [0.3, 0.4) is 0 Å². The molecule has 7 nitrogen and oxygen atoms in total. The first-order chi connectivity index (χ1) is 12.8. The summed E-state index contributed by atoms with van der Waals surface area (Å²) in [6.45, 7) is 0.0658. The quantitative estimate of drug-likeness (QED) is 0.805. The van der Waals surface area contributed by atoms with Crippen molar-refractivity contribution in [2.75, 3.05) is 25.5 Å². The van der Waals surface area contributed by atoms with Gasteiger partial charge in [0.1, 0.15) is 0 Å². The van der Waals surface area contributed by atoms with Crippen molar-refractivity contribution in [2.24, 2.45) is 0 Å². The lowest BCUT2D eigenvalue weighted by Crippen LogP contribution is -2.37. The Kier molecular flexibility index (Phi) is 5.29. The Morgan fingerprint density at radius 1 is 1.19 bits per heavy atom. The van der Waals surface area contributed by atoms with Crippen LogP contribution in [-0.4, -0.2) is 45.8 Å². The van der Waals surface area contributed by atoms with Crippen LogP contribution in [0, 0.1) is 0 Å². The molecule has 0 radical (unpaired) electrons. The van der Waals surface area contributed by atoms with Crippen molar-refractivity contribution in [1.82, 2.24) is 9.62 Å². The Bertz CT molecular complexity index is 974. The number of sulfonamides is 1. The molecule has 0 fully saturated rings. The molecule has 1 aliphatic rings. The van der Waals surface area contributed by atoms with Crippen LogP contribution in [0.1, 0.15) is 11.1 Å². The first-order valence-electron chi connectivity index (χ1n) is 8.45. The Balaban J connectivity index is 1.64. The fraction of sp³-hybridized carbons (Fsp3) is 0.263. The minimum absolute atomic E-state index is 0.0443. The number of carbonyl (C=O) groups excluding carboxylic acids is 2. The lowest BCUT2D eigenvalue weighted by molar-refractivity contribution is -0.129. The molecule has 142 valence electrons. The number of hydrogen-bond donors (Lipinski definition) is 1. The first kappa shape index (κ1) is 19.1. The molecule has 8 heteroatoms.